The lowest BCUT2D eigenvalue weighted by molar-refractivity contribution is -0.156. The molecule has 0 aromatic rings. The van der Waals surface area contributed by atoms with E-state index in [0.717, 1.165) is 18.6 Å². The predicted molar refractivity (Wildman–Crippen MR) is 141 cm³/mol. The number of allylic oxidation sites excluding steroid dienone is 1. The third-order valence-corrected chi connectivity index (χ3v) is 8.41. The van der Waals surface area contributed by atoms with Crippen LogP contribution in [-0.4, -0.2) is 65.3 Å². The number of rotatable bonds is 2. The molecular weight excluding hydrogens is 504 g/mol. The minimum atomic E-state index is -0.969. The molecule has 2 heterocycles. The maximum atomic E-state index is 13.2. The van der Waals surface area contributed by atoms with E-state index in [-0.39, 0.29) is 29.7 Å². The van der Waals surface area contributed by atoms with Gasteiger partial charge in [0.15, 0.2) is 0 Å². The number of nitrogens with one attached hydrogen (secondary N) is 4. The summed E-state index contributed by atoms with van der Waals surface area (Å²) >= 11 is 0. The van der Waals surface area contributed by atoms with Crippen molar-refractivity contribution in [3.63, 3.8) is 0 Å². The van der Waals surface area contributed by atoms with E-state index in [1.807, 2.05) is 0 Å². The molecule has 0 aromatic heterocycles. The first kappa shape index (κ1) is 30.0. The van der Waals surface area contributed by atoms with E-state index in [0.29, 0.717) is 6.42 Å². The quantitative estimate of drug-likeness (QED) is 0.234. The van der Waals surface area contributed by atoms with Crippen LogP contribution in [0.3, 0.4) is 0 Å². The van der Waals surface area contributed by atoms with Gasteiger partial charge in [0.1, 0.15) is 29.9 Å². The number of amides is 4. The summed E-state index contributed by atoms with van der Waals surface area (Å²) in [4.78, 5) is 65.3. The highest BCUT2D eigenvalue weighted by atomic mass is 33.1. The van der Waals surface area contributed by atoms with Crippen molar-refractivity contribution < 1.29 is 28.7 Å². The SMILES string of the molecule is C/C=C1/NC(=O)[C@H]2CSSCCCC[C@H](CC(=O)NC(C(C)C)C(=O)N2)OC(=O)C(C(C)C)NC1=O. The first-order valence-corrected chi connectivity index (χ1v) is 14.8. The molecule has 202 valence electrons. The molecule has 2 saturated heterocycles. The number of carbonyl (C=O) groups is 5. The Bertz CT molecular complexity index is 864. The summed E-state index contributed by atoms with van der Waals surface area (Å²) in [6, 6.07) is -2.79. The van der Waals surface area contributed by atoms with E-state index in [9.17, 15) is 24.0 Å². The van der Waals surface area contributed by atoms with E-state index in [4.69, 9.17) is 4.74 Å². The molecule has 36 heavy (non-hydrogen) atoms. The average Bonchev–Trinajstić information content (AvgIpc) is 2.81. The molecule has 0 aromatic carbocycles. The Morgan fingerprint density at radius 2 is 1.58 bits per heavy atom. The molecule has 2 aliphatic rings. The van der Waals surface area contributed by atoms with Crippen molar-refractivity contribution in [1.82, 2.24) is 21.3 Å². The summed E-state index contributed by atoms with van der Waals surface area (Å²) in [6.07, 6.45) is 2.68. The summed E-state index contributed by atoms with van der Waals surface area (Å²) in [7, 11) is 3.03. The molecule has 12 heteroatoms. The lowest BCUT2D eigenvalue weighted by Gasteiger charge is -2.28. The van der Waals surface area contributed by atoms with Gasteiger partial charge < -0.3 is 26.0 Å². The van der Waals surface area contributed by atoms with Crippen LogP contribution in [0.1, 0.15) is 60.3 Å². The van der Waals surface area contributed by atoms with Crippen LogP contribution in [0.25, 0.3) is 0 Å². The van der Waals surface area contributed by atoms with Crippen molar-refractivity contribution in [2.75, 3.05) is 11.5 Å². The zero-order chi connectivity index (χ0) is 26.8. The average molecular weight is 543 g/mol. The molecule has 2 fully saturated rings. The molecule has 4 amide bonds. The number of ether oxygens (including phenoxy) is 1. The van der Waals surface area contributed by atoms with Crippen molar-refractivity contribution in [1.29, 1.82) is 0 Å². The van der Waals surface area contributed by atoms with Crippen LogP contribution in [0.4, 0.5) is 0 Å². The van der Waals surface area contributed by atoms with Crippen molar-refractivity contribution in [2.24, 2.45) is 11.8 Å². The number of carbonyl (C=O) groups excluding carboxylic acids is 5. The molecule has 2 rings (SSSR count). The predicted octanol–water partition coefficient (Wildman–Crippen LogP) is 1.65. The van der Waals surface area contributed by atoms with Crippen molar-refractivity contribution >= 4 is 51.2 Å². The highest BCUT2D eigenvalue weighted by molar-refractivity contribution is 8.76. The lowest BCUT2D eigenvalue weighted by atomic mass is 10.0. The zero-order valence-electron chi connectivity index (χ0n) is 21.6. The Morgan fingerprint density at radius 1 is 0.889 bits per heavy atom. The van der Waals surface area contributed by atoms with Gasteiger partial charge in [0, 0.05) is 11.5 Å². The van der Waals surface area contributed by atoms with Gasteiger partial charge in [0.25, 0.3) is 5.91 Å². The van der Waals surface area contributed by atoms with Crippen molar-refractivity contribution in [3.05, 3.63) is 11.8 Å². The molecule has 0 spiro atoms. The topological polar surface area (TPSA) is 143 Å². The summed E-state index contributed by atoms with van der Waals surface area (Å²) in [5.74, 6) is -2.24. The van der Waals surface area contributed by atoms with Gasteiger partial charge in [-0.15, -0.1) is 0 Å². The van der Waals surface area contributed by atoms with E-state index in [2.05, 4.69) is 21.3 Å². The Hall–Kier alpha value is -2.21. The molecule has 4 N–H and O–H groups in total. The van der Waals surface area contributed by atoms with Crippen LogP contribution in [0.5, 0.6) is 0 Å². The molecular formula is C24H38N4O6S2. The molecule has 0 saturated carbocycles. The molecule has 2 aliphatic heterocycles. The first-order valence-electron chi connectivity index (χ1n) is 12.4. The van der Waals surface area contributed by atoms with E-state index >= 15 is 0 Å². The van der Waals surface area contributed by atoms with Gasteiger partial charge >= 0.3 is 5.97 Å². The zero-order valence-corrected chi connectivity index (χ0v) is 23.2. The summed E-state index contributed by atoms with van der Waals surface area (Å²) in [6.45, 7) is 8.73. The Kier molecular flexibility index (Phi) is 12.1. The lowest BCUT2D eigenvalue weighted by Crippen LogP contribution is -2.57. The van der Waals surface area contributed by atoms with E-state index in [1.165, 1.54) is 16.9 Å². The standard InChI is InChI=1S/C24H38N4O6S2/c1-6-16-21(30)28-20(14(4)5)24(33)34-15-9-7-8-10-35-36-12-17(22(31)25-16)26-23(32)19(13(2)3)27-18(29)11-15/h6,13-15,17,19-20H,7-12H2,1-5H3,(H,25,31)(H,26,32)(H,27,29)(H,28,30)/b16-6+/t15-,17-,19?,20?/m1/s1. The van der Waals surface area contributed by atoms with Gasteiger partial charge in [-0.05, 0) is 38.0 Å². The molecule has 0 aliphatic carbocycles. The molecule has 4 atom stereocenters. The molecule has 0 radical (unpaired) electrons. The first-order chi connectivity index (χ1) is 17.0. The van der Waals surface area contributed by atoms with Gasteiger partial charge in [-0.2, -0.15) is 0 Å². The van der Waals surface area contributed by atoms with Crippen molar-refractivity contribution in [3.8, 4) is 0 Å². The maximum Gasteiger partial charge on any atom is 0.329 e. The summed E-state index contributed by atoms with van der Waals surface area (Å²) in [5.41, 5.74) is -0.0305. The maximum absolute atomic E-state index is 13.2. The van der Waals surface area contributed by atoms with Gasteiger partial charge in [-0.25, -0.2) is 4.79 Å². The fraction of sp³-hybridized carbons (Fsp3) is 0.708. The number of hydrogen-bond donors (Lipinski definition) is 4. The van der Waals surface area contributed by atoms with Gasteiger partial charge in [0.05, 0.1) is 6.42 Å². The molecule has 2 unspecified atom stereocenters. The second-order valence-electron chi connectivity index (χ2n) is 9.60. The Balaban J connectivity index is 2.52. The van der Waals surface area contributed by atoms with E-state index in [1.54, 1.807) is 45.4 Å². The molecule has 2 bridgehead atoms. The van der Waals surface area contributed by atoms with Crippen LogP contribution in [0.2, 0.25) is 0 Å². The minimum Gasteiger partial charge on any atom is -0.460 e. The van der Waals surface area contributed by atoms with E-state index < -0.39 is 53.8 Å². The third kappa shape index (κ3) is 9.02. The number of esters is 1. The monoisotopic (exact) mass is 542 g/mol. The van der Waals surface area contributed by atoms with Crippen LogP contribution >= 0.6 is 21.6 Å². The summed E-state index contributed by atoms with van der Waals surface area (Å²) < 4.78 is 5.74. The summed E-state index contributed by atoms with van der Waals surface area (Å²) in [5, 5.41) is 10.8. The smallest absolute Gasteiger partial charge is 0.329 e. The normalized spacial score (nSPS) is 29.2. The number of hydrogen-bond acceptors (Lipinski definition) is 8. The highest BCUT2D eigenvalue weighted by Crippen LogP contribution is 2.25. The Labute approximate surface area is 220 Å². The van der Waals surface area contributed by atoms with Crippen LogP contribution in [0.15, 0.2) is 11.8 Å². The van der Waals surface area contributed by atoms with Crippen LogP contribution < -0.4 is 21.3 Å². The van der Waals surface area contributed by atoms with Crippen molar-refractivity contribution in [2.45, 2.75) is 84.5 Å². The fourth-order valence-electron chi connectivity index (χ4n) is 3.76. The largest absolute Gasteiger partial charge is 0.460 e. The second kappa shape index (κ2) is 14.5. The Morgan fingerprint density at radius 3 is 2.22 bits per heavy atom. The number of fused-ring (bicyclic) bond motifs is 7. The second-order valence-corrected chi connectivity index (χ2v) is 12.2. The fourth-order valence-corrected chi connectivity index (χ4v) is 6.07. The minimum absolute atomic E-state index is 0.0305. The van der Waals surface area contributed by atoms with Gasteiger partial charge in [-0.3, -0.25) is 19.2 Å². The van der Waals surface area contributed by atoms with Gasteiger partial charge in [0.2, 0.25) is 17.7 Å². The van der Waals surface area contributed by atoms with Crippen LogP contribution in [0, 0.1) is 11.8 Å². The third-order valence-electron chi connectivity index (χ3n) is 5.91. The highest BCUT2D eigenvalue weighted by Gasteiger charge is 2.34. The molecule has 10 nitrogen and oxygen atoms in total. The van der Waals surface area contributed by atoms with Gasteiger partial charge in [-0.1, -0.05) is 55.4 Å². The van der Waals surface area contributed by atoms with Crippen LogP contribution in [-0.2, 0) is 28.7 Å².